The minimum absolute atomic E-state index is 0.0745. The lowest BCUT2D eigenvalue weighted by molar-refractivity contribution is -0.0198. The van der Waals surface area contributed by atoms with Crippen LogP contribution in [0.15, 0.2) is 30.9 Å². The molecule has 3 N–H and O–H groups in total. The molecule has 1 heterocycles. The first-order valence-electron chi connectivity index (χ1n) is 9.22. The normalized spacial score (nSPS) is 14.9. The molecule has 0 aliphatic rings. The highest BCUT2D eigenvalue weighted by Crippen LogP contribution is 2.30. The third-order valence-electron chi connectivity index (χ3n) is 4.23. The molecule has 2 unspecified atom stereocenters. The minimum atomic E-state index is -1.75. The van der Waals surface area contributed by atoms with Crippen LogP contribution in [0.2, 0.25) is 0 Å². The van der Waals surface area contributed by atoms with Gasteiger partial charge in [0.2, 0.25) is 0 Å². The van der Waals surface area contributed by atoms with E-state index in [9.17, 15) is 18.7 Å². The largest absolute Gasteiger partial charge is 0.444 e. The Balaban J connectivity index is 2.07. The average molecular weight is 411 g/mol. The molecule has 0 spiro atoms. The third kappa shape index (κ3) is 6.47. The van der Waals surface area contributed by atoms with Gasteiger partial charge in [0.15, 0.2) is 0 Å². The molecule has 2 aromatic rings. The van der Waals surface area contributed by atoms with E-state index in [-0.39, 0.29) is 25.2 Å². The maximum atomic E-state index is 14.4. The summed E-state index contributed by atoms with van der Waals surface area (Å²) in [6.45, 7) is 7.33. The van der Waals surface area contributed by atoms with E-state index >= 15 is 0 Å². The molecule has 0 saturated carbocycles. The number of hydrogen-bond acceptors (Lipinski definition) is 6. The molecule has 1 aromatic carbocycles. The van der Waals surface area contributed by atoms with Crippen molar-refractivity contribution in [3.05, 3.63) is 48.1 Å². The quantitative estimate of drug-likeness (QED) is 0.574. The van der Waals surface area contributed by atoms with Crippen molar-refractivity contribution in [3.63, 3.8) is 0 Å². The number of amides is 1. The SMILES string of the molecule is CC(NCCNC(=O)OC(C)(C)C)C(O)(Cn1cncn1)c1ccc(F)cc1F. The summed E-state index contributed by atoms with van der Waals surface area (Å²) in [6.07, 6.45) is 2.13. The van der Waals surface area contributed by atoms with Crippen LogP contribution in [0.25, 0.3) is 0 Å². The molecule has 0 aliphatic heterocycles. The first-order chi connectivity index (χ1) is 13.5. The van der Waals surface area contributed by atoms with Gasteiger partial charge in [0.1, 0.15) is 35.5 Å². The smallest absolute Gasteiger partial charge is 0.407 e. The van der Waals surface area contributed by atoms with E-state index in [4.69, 9.17) is 4.74 Å². The standard InChI is InChI=1S/C19H27F2N5O3/c1-13(23-7-8-24-17(27)29-18(2,3)4)19(28,10-26-12-22-11-25-26)15-6-5-14(20)9-16(15)21/h5-6,9,11-13,23,28H,7-8,10H2,1-4H3,(H,24,27). The van der Waals surface area contributed by atoms with Crippen LogP contribution < -0.4 is 10.6 Å². The highest BCUT2D eigenvalue weighted by Gasteiger charge is 2.39. The number of ether oxygens (including phenoxy) is 1. The van der Waals surface area contributed by atoms with Gasteiger partial charge in [0, 0.05) is 30.8 Å². The average Bonchev–Trinajstić information content (AvgIpc) is 3.09. The van der Waals surface area contributed by atoms with Crippen molar-refractivity contribution in [1.82, 2.24) is 25.4 Å². The van der Waals surface area contributed by atoms with Gasteiger partial charge in [0.05, 0.1) is 6.54 Å². The fraction of sp³-hybridized carbons (Fsp3) is 0.526. The summed E-state index contributed by atoms with van der Waals surface area (Å²) in [5, 5.41) is 20.9. The van der Waals surface area contributed by atoms with E-state index in [0.717, 1.165) is 12.1 Å². The van der Waals surface area contributed by atoms with Crippen LogP contribution in [0, 0.1) is 11.6 Å². The van der Waals surface area contributed by atoms with Gasteiger partial charge in [-0.1, -0.05) is 6.07 Å². The number of halogens is 2. The van der Waals surface area contributed by atoms with Crippen molar-refractivity contribution in [2.45, 2.75) is 51.5 Å². The zero-order valence-electron chi connectivity index (χ0n) is 16.9. The molecule has 0 radical (unpaired) electrons. The number of carbonyl (C=O) groups excluding carboxylic acids is 1. The number of carbonyl (C=O) groups is 1. The van der Waals surface area contributed by atoms with Crippen LogP contribution in [0.5, 0.6) is 0 Å². The van der Waals surface area contributed by atoms with Crippen molar-refractivity contribution in [2.75, 3.05) is 13.1 Å². The van der Waals surface area contributed by atoms with Gasteiger partial charge in [-0.25, -0.2) is 23.2 Å². The lowest BCUT2D eigenvalue weighted by atomic mass is 9.86. The lowest BCUT2D eigenvalue weighted by Crippen LogP contribution is -2.51. The summed E-state index contributed by atoms with van der Waals surface area (Å²) < 4.78 is 34.3. The fourth-order valence-electron chi connectivity index (χ4n) is 2.79. The summed E-state index contributed by atoms with van der Waals surface area (Å²) in [4.78, 5) is 15.5. The Bertz CT molecular complexity index is 811. The number of rotatable bonds is 8. The molecule has 8 nitrogen and oxygen atoms in total. The molecule has 29 heavy (non-hydrogen) atoms. The van der Waals surface area contributed by atoms with E-state index in [2.05, 4.69) is 20.7 Å². The maximum absolute atomic E-state index is 14.4. The number of hydrogen-bond donors (Lipinski definition) is 3. The zero-order valence-corrected chi connectivity index (χ0v) is 16.9. The Hall–Kier alpha value is -2.59. The lowest BCUT2D eigenvalue weighted by Gasteiger charge is -2.35. The molecule has 0 fully saturated rings. The predicted molar refractivity (Wildman–Crippen MR) is 102 cm³/mol. The third-order valence-corrected chi connectivity index (χ3v) is 4.23. The Morgan fingerprint density at radius 1 is 1.31 bits per heavy atom. The maximum Gasteiger partial charge on any atom is 0.407 e. The molecule has 1 aromatic heterocycles. The molecule has 160 valence electrons. The molecule has 2 atom stereocenters. The van der Waals surface area contributed by atoms with Crippen LogP contribution in [0.3, 0.4) is 0 Å². The summed E-state index contributed by atoms with van der Waals surface area (Å²) in [6, 6.07) is 2.34. The van der Waals surface area contributed by atoms with Gasteiger partial charge in [0.25, 0.3) is 0 Å². The van der Waals surface area contributed by atoms with Crippen LogP contribution in [0.1, 0.15) is 33.3 Å². The second-order valence-electron chi connectivity index (χ2n) is 7.75. The molecular weight excluding hydrogens is 384 g/mol. The molecule has 0 saturated heterocycles. The second kappa shape index (κ2) is 9.27. The highest BCUT2D eigenvalue weighted by molar-refractivity contribution is 5.67. The van der Waals surface area contributed by atoms with E-state index in [0.29, 0.717) is 0 Å². The van der Waals surface area contributed by atoms with Crippen molar-refractivity contribution in [1.29, 1.82) is 0 Å². The molecule has 0 bridgehead atoms. The second-order valence-corrected chi connectivity index (χ2v) is 7.75. The fourth-order valence-corrected chi connectivity index (χ4v) is 2.79. The Labute approximate surface area is 168 Å². The van der Waals surface area contributed by atoms with Crippen molar-refractivity contribution >= 4 is 6.09 Å². The number of aromatic nitrogens is 3. The topological polar surface area (TPSA) is 101 Å². The number of aliphatic hydroxyl groups is 1. The Morgan fingerprint density at radius 2 is 2.03 bits per heavy atom. The van der Waals surface area contributed by atoms with Crippen LogP contribution >= 0.6 is 0 Å². The number of benzene rings is 1. The first kappa shape index (κ1) is 22.7. The highest BCUT2D eigenvalue weighted by atomic mass is 19.1. The first-order valence-corrected chi connectivity index (χ1v) is 9.22. The molecular formula is C19H27F2N5O3. The van der Waals surface area contributed by atoms with Gasteiger partial charge in [-0.15, -0.1) is 0 Å². The predicted octanol–water partition coefficient (Wildman–Crippen LogP) is 1.95. The van der Waals surface area contributed by atoms with Gasteiger partial charge in [-0.3, -0.25) is 0 Å². The monoisotopic (exact) mass is 411 g/mol. The summed E-state index contributed by atoms with van der Waals surface area (Å²) in [5.41, 5.74) is -2.44. The van der Waals surface area contributed by atoms with Crippen LogP contribution in [0.4, 0.5) is 13.6 Å². The van der Waals surface area contributed by atoms with Gasteiger partial charge in [-0.2, -0.15) is 5.10 Å². The Morgan fingerprint density at radius 3 is 2.62 bits per heavy atom. The van der Waals surface area contributed by atoms with Crippen molar-refractivity contribution < 1.29 is 23.4 Å². The van der Waals surface area contributed by atoms with Crippen LogP contribution in [-0.2, 0) is 16.9 Å². The zero-order chi connectivity index (χ0) is 21.7. The molecule has 2 rings (SSSR count). The Kier molecular flexibility index (Phi) is 7.26. The number of nitrogens with one attached hydrogen (secondary N) is 2. The van der Waals surface area contributed by atoms with Crippen molar-refractivity contribution in [2.24, 2.45) is 0 Å². The molecule has 10 heteroatoms. The van der Waals surface area contributed by atoms with E-state index < -0.39 is 35.0 Å². The van der Waals surface area contributed by atoms with E-state index in [1.54, 1.807) is 27.7 Å². The molecule has 1 amide bonds. The molecule has 0 aliphatic carbocycles. The van der Waals surface area contributed by atoms with Gasteiger partial charge >= 0.3 is 6.09 Å². The summed E-state index contributed by atoms with van der Waals surface area (Å²) in [7, 11) is 0. The number of alkyl carbamates (subject to hydrolysis) is 1. The van der Waals surface area contributed by atoms with E-state index in [1.165, 1.54) is 23.4 Å². The number of nitrogens with zero attached hydrogens (tertiary/aromatic N) is 3. The van der Waals surface area contributed by atoms with Gasteiger partial charge < -0.3 is 20.5 Å². The minimum Gasteiger partial charge on any atom is -0.444 e. The van der Waals surface area contributed by atoms with Crippen molar-refractivity contribution in [3.8, 4) is 0 Å². The van der Waals surface area contributed by atoms with E-state index in [1.807, 2.05) is 0 Å². The summed E-state index contributed by atoms with van der Waals surface area (Å²) in [5.74, 6) is -1.61. The van der Waals surface area contributed by atoms with Gasteiger partial charge in [-0.05, 0) is 33.8 Å². The van der Waals surface area contributed by atoms with Crippen LogP contribution in [-0.4, -0.2) is 50.7 Å². The summed E-state index contributed by atoms with van der Waals surface area (Å²) >= 11 is 0.